The van der Waals surface area contributed by atoms with Crippen LogP contribution in [-0.2, 0) is 0 Å². The van der Waals surface area contributed by atoms with E-state index in [0.29, 0.717) is 5.82 Å². The number of hydrazine groups is 1. The molecule has 0 atom stereocenters. The number of nitrogens with one attached hydrogen (secondary N) is 1. The molecule has 1 aliphatic rings. The lowest BCUT2D eigenvalue weighted by molar-refractivity contribution is 0.284. The minimum atomic E-state index is 0.709. The Morgan fingerprint density at radius 2 is 2.05 bits per heavy atom. The molecule has 1 saturated heterocycles. The Bertz CT molecular complexity index is 412. The summed E-state index contributed by atoms with van der Waals surface area (Å²) in [6.07, 6.45) is 4.00. The zero-order valence-corrected chi connectivity index (χ0v) is 12.1. The van der Waals surface area contributed by atoms with Crippen molar-refractivity contribution in [3.63, 3.8) is 0 Å². The zero-order chi connectivity index (χ0) is 13.8. The quantitative estimate of drug-likeness (QED) is 0.620. The van der Waals surface area contributed by atoms with Crippen molar-refractivity contribution in [2.24, 2.45) is 11.8 Å². The number of hydrogen-bond donors (Lipinski definition) is 2. The van der Waals surface area contributed by atoms with Gasteiger partial charge in [-0.25, -0.2) is 15.8 Å². The van der Waals surface area contributed by atoms with Crippen molar-refractivity contribution in [3.8, 4) is 0 Å². The maximum Gasteiger partial charge on any atom is 0.148 e. The van der Waals surface area contributed by atoms with Crippen molar-refractivity contribution in [2.75, 3.05) is 44.1 Å². The van der Waals surface area contributed by atoms with Crippen LogP contribution < -0.4 is 16.2 Å². The van der Waals surface area contributed by atoms with E-state index < -0.39 is 0 Å². The predicted octanol–water partition coefficient (Wildman–Crippen LogP) is 0.849. The van der Waals surface area contributed by atoms with Gasteiger partial charge in [0.2, 0.25) is 0 Å². The number of aromatic nitrogens is 2. The first-order chi connectivity index (χ1) is 9.11. The molecule has 2 rings (SSSR count). The smallest absolute Gasteiger partial charge is 0.148 e. The molecule has 19 heavy (non-hydrogen) atoms. The third-order valence-electron chi connectivity index (χ3n) is 3.73. The second kappa shape index (κ2) is 6.16. The summed E-state index contributed by atoms with van der Waals surface area (Å²) in [5, 5.41) is 0. The summed E-state index contributed by atoms with van der Waals surface area (Å²) in [6.45, 7) is 5.30. The molecule has 6 nitrogen and oxygen atoms in total. The normalized spacial score (nSPS) is 17.0. The molecule has 1 aromatic rings. The number of rotatable bonds is 4. The molecule has 2 heterocycles. The molecular weight excluding hydrogens is 240 g/mol. The standard InChI is InChI=1S/C13H24N6/c1-10-12(17-14)15-9-16-13(10)19-6-4-11(5-7-19)8-18(2)3/h9,11H,4-8,14H2,1-3H3,(H,15,16,17). The van der Waals surface area contributed by atoms with Crippen LogP contribution in [0.2, 0.25) is 0 Å². The Morgan fingerprint density at radius 1 is 1.37 bits per heavy atom. The van der Waals surface area contributed by atoms with Crippen LogP contribution in [0.4, 0.5) is 11.6 Å². The number of nitrogens with two attached hydrogens (primary N) is 1. The van der Waals surface area contributed by atoms with E-state index in [2.05, 4.69) is 39.3 Å². The highest BCUT2D eigenvalue weighted by atomic mass is 15.3. The average molecular weight is 264 g/mol. The minimum Gasteiger partial charge on any atom is -0.356 e. The molecule has 1 aromatic heterocycles. The predicted molar refractivity (Wildman–Crippen MR) is 78.1 cm³/mol. The van der Waals surface area contributed by atoms with Crippen molar-refractivity contribution in [2.45, 2.75) is 19.8 Å². The van der Waals surface area contributed by atoms with Gasteiger partial charge >= 0.3 is 0 Å². The number of hydrogen-bond acceptors (Lipinski definition) is 6. The van der Waals surface area contributed by atoms with Crippen molar-refractivity contribution in [1.82, 2.24) is 14.9 Å². The molecule has 0 bridgehead atoms. The highest BCUT2D eigenvalue weighted by molar-refractivity contribution is 5.57. The van der Waals surface area contributed by atoms with Gasteiger partial charge in [-0.05, 0) is 39.8 Å². The molecule has 3 N–H and O–H groups in total. The summed E-state index contributed by atoms with van der Waals surface area (Å²) in [6, 6.07) is 0. The van der Waals surface area contributed by atoms with Gasteiger partial charge in [0.25, 0.3) is 0 Å². The summed E-state index contributed by atoms with van der Waals surface area (Å²) in [5.74, 6) is 7.97. The summed E-state index contributed by atoms with van der Waals surface area (Å²) in [7, 11) is 4.28. The Morgan fingerprint density at radius 3 is 2.63 bits per heavy atom. The fraction of sp³-hybridized carbons (Fsp3) is 0.692. The van der Waals surface area contributed by atoms with E-state index in [1.165, 1.54) is 19.4 Å². The summed E-state index contributed by atoms with van der Waals surface area (Å²) in [4.78, 5) is 13.1. The Labute approximate surface area is 115 Å². The van der Waals surface area contributed by atoms with Crippen LogP contribution in [0.25, 0.3) is 0 Å². The zero-order valence-electron chi connectivity index (χ0n) is 12.1. The third-order valence-corrected chi connectivity index (χ3v) is 3.73. The molecule has 0 aromatic carbocycles. The van der Waals surface area contributed by atoms with E-state index in [4.69, 9.17) is 5.84 Å². The molecule has 0 unspecified atom stereocenters. The van der Waals surface area contributed by atoms with Crippen molar-refractivity contribution in [3.05, 3.63) is 11.9 Å². The van der Waals surface area contributed by atoms with Crippen LogP contribution in [0.5, 0.6) is 0 Å². The van der Waals surface area contributed by atoms with Crippen molar-refractivity contribution in [1.29, 1.82) is 0 Å². The highest BCUT2D eigenvalue weighted by Crippen LogP contribution is 2.26. The molecule has 0 aliphatic carbocycles. The first-order valence-electron chi connectivity index (χ1n) is 6.79. The summed E-state index contributed by atoms with van der Waals surface area (Å²) in [5.41, 5.74) is 3.65. The van der Waals surface area contributed by atoms with Crippen LogP contribution in [0.15, 0.2) is 6.33 Å². The molecule has 0 amide bonds. The van der Waals surface area contributed by atoms with Gasteiger partial charge in [0, 0.05) is 25.2 Å². The topological polar surface area (TPSA) is 70.3 Å². The molecule has 1 aliphatic heterocycles. The largest absolute Gasteiger partial charge is 0.356 e. The SMILES string of the molecule is Cc1c(NN)ncnc1N1CCC(CN(C)C)CC1. The van der Waals surface area contributed by atoms with Crippen molar-refractivity contribution >= 4 is 11.6 Å². The van der Waals surface area contributed by atoms with E-state index in [0.717, 1.165) is 30.4 Å². The Balaban J connectivity index is 2.01. The lowest BCUT2D eigenvalue weighted by Gasteiger charge is -2.34. The summed E-state index contributed by atoms with van der Waals surface area (Å²) < 4.78 is 0. The third kappa shape index (κ3) is 3.33. The maximum atomic E-state index is 5.46. The van der Waals surface area contributed by atoms with Gasteiger partial charge < -0.3 is 15.2 Å². The fourth-order valence-corrected chi connectivity index (χ4v) is 2.75. The average Bonchev–Trinajstić information content (AvgIpc) is 2.39. The highest BCUT2D eigenvalue weighted by Gasteiger charge is 2.22. The number of piperidine rings is 1. The van der Waals surface area contributed by atoms with Gasteiger partial charge in [-0.15, -0.1) is 0 Å². The maximum absolute atomic E-state index is 5.46. The van der Waals surface area contributed by atoms with E-state index in [1.807, 2.05) is 6.92 Å². The number of anilines is 2. The molecule has 0 radical (unpaired) electrons. The van der Waals surface area contributed by atoms with E-state index in [-0.39, 0.29) is 0 Å². The second-order valence-electron chi connectivity index (χ2n) is 5.51. The van der Waals surface area contributed by atoms with Gasteiger partial charge in [-0.2, -0.15) is 0 Å². The molecule has 6 heteroatoms. The van der Waals surface area contributed by atoms with E-state index in [1.54, 1.807) is 6.33 Å². The lowest BCUT2D eigenvalue weighted by Crippen LogP contribution is -2.38. The van der Waals surface area contributed by atoms with Crippen LogP contribution >= 0.6 is 0 Å². The van der Waals surface area contributed by atoms with Crippen LogP contribution in [-0.4, -0.2) is 48.6 Å². The molecule has 0 saturated carbocycles. The van der Waals surface area contributed by atoms with Crippen LogP contribution in [0, 0.1) is 12.8 Å². The fourth-order valence-electron chi connectivity index (χ4n) is 2.75. The van der Waals surface area contributed by atoms with Gasteiger partial charge in [-0.3, -0.25) is 0 Å². The van der Waals surface area contributed by atoms with Gasteiger partial charge in [0.05, 0.1) is 0 Å². The van der Waals surface area contributed by atoms with Crippen LogP contribution in [0.1, 0.15) is 18.4 Å². The van der Waals surface area contributed by atoms with Crippen molar-refractivity contribution < 1.29 is 0 Å². The minimum absolute atomic E-state index is 0.709. The van der Waals surface area contributed by atoms with Crippen LogP contribution in [0.3, 0.4) is 0 Å². The first-order valence-corrected chi connectivity index (χ1v) is 6.79. The van der Waals surface area contributed by atoms with Gasteiger partial charge in [-0.1, -0.05) is 0 Å². The van der Waals surface area contributed by atoms with E-state index >= 15 is 0 Å². The Hall–Kier alpha value is -1.40. The number of nitrogen functional groups attached to an aromatic ring is 1. The lowest BCUT2D eigenvalue weighted by atomic mass is 9.96. The van der Waals surface area contributed by atoms with Gasteiger partial charge in [0.1, 0.15) is 18.0 Å². The number of nitrogens with zero attached hydrogens (tertiary/aromatic N) is 4. The second-order valence-corrected chi connectivity index (χ2v) is 5.51. The van der Waals surface area contributed by atoms with Gasteiger partial charge in [0.15, 0.2) is 0 Å². The Kier molecular flexibility index (Phi) is 4.55. The summed E-state index contributed by atoms with van der Waals surface area (Å²) >= 11 is 0. The molecule has 106 valence electrons. The molecular formula is C13H24N6. The van der Waals surface area contributed by atoms with E-state index in [9.17, 15) is 0 Å². The monoisotopic (exact) mass is 264 g/mol. The molecule has 0 spiro atoms. The molecule has 1 fully saturated rings. The first kappa shape index (κ1) is 14.0.